The number of pyridine rings is 1. The van der Waals surface area contributed by atoms with Gasteiger partial charge in [-0.25, -0.2) is 0 Å². The van der Waals surface area contributed by atoms with Gasteiger partial charge in [0.05, 0.1) is 0 Å². The Bertz CT molecular complexity index is 503. The Morgan fingerprint density at radius 1 is 1.47 bits per heavy atom. The topological polar surface area (TPSA) is 98.1 Å². The molecule has 2 rings (SSSR count). The van der Waals surface area contributed by atoms with Crippen LogP contribution >= 0.6 is 15.9 Å². The zero-order valence-electron chi connectivity index (χ0n) is 8.88. The van der Waals surface area contributed by atoms with Gasteiger partial charge in [0, 0.05) is 22.4 Å². The Balaban J connectivity index is 2.23. The average molecular weight is 299 g/mol. The molecule has 0 bridgehead atoms. The van der Waals surface area contributed by atoms with Crippen molar-refractivity contribution in [3.8, 4) is 11.4 Å². The van der Waals surface area contributed by atoms with Crippen LogP contribution in [0.1, 0.15) is 18.4 Å². The summed E-state index contributed by atoms with van der Waals surface area (Å²) in [5.74, 6) is 0.565. The monoisotopic (exact) mass is 298 g/mol. The van der Waals surface area contributed by atoms with E-state index < -0.39 is 6.10 Å². The minimum Gasteiger partial charge on any atom is -0.383 e. The highest BCUT2D eigenvalue weighted by atomic mass is 79.9. The molecule has 0 aromatic carbocycles. The van der Waals surface area contributed by atoms with Gasteiger partial charge in [-0.3, -0.25) is 4.98 Å². The molecular formula is C10H11BrN4O2. The number of halogens is 1. The number of nitrogens with zero attached hydrogens (tertiary/aromatic N) is 3. The lowest BCUT2D eigenvalue weighted by Gasteiger charge is -2.00. The molecule has 0 aliphatic rings. The fourth-order valence-corrected chi connectivity index (χ4v) is 1.67. The smallest absolute Gasteiger partial charge is 0.255 e. The number of rotatable bonds is 4. The van der Waals surface area contributed by atoms with Crippen molar-refractivity contribution in [3.05, 3.63) is 28.8 Å². The molecule has 3 N–H and O–H groups in total. The van der Waals surface area contributed by atoms with Gasteiger partial charge in [-0.2, -0.15) is 4.98 Å². The van der Waals surface area contributed by atoms with Crippen LogP contribution < -0.4 is 5.73 Å². The molecule has 90 valence electrons. The maximum Gasteiger partial charge on any atom is 0.255 e. The fourth-order valence-electron chi connectivity index (χ4n) is 1.30. The number of aliphatic hydroxyl groups is 1. The van der Waals surface area contributed by atoms with Crippen LogP contribution in [0.4, 0.5) is 0 Å². The van der Waals surface area contributed by atoms with Crippen LogP contribution in [0.5, 0.6) is 0 Å². The van der Waals surface area contributed by atoms with E-state index in [4.69, 9.17) is 10.3 Å². The molecule has 1 atom stereocenters. The van der Waals surface area contributed by atoms with Crippen molar-refractivity contribution in [2.45, 2.75) is 12.5 Å². The summed E-state index contributed by atoms with van der Waals surface area (Å²) in [6.45, 7) is 0.358. The maximum absolute atomic E-state index is 9.63. The second-order valence-corrected chi connectivity index (χ2v) is 4.36. The van der Waals surface area contributed by atoms with Crippen molar-refractivity contribution in [1.82, 2.24) is 15.1 Å². The standard InChI is InChI=1S/C10H11BrN4O2/c11-7-3-6(4-13-5-7)9-14-10(17-15-9)8(16)1-2-12/h3-5,8,16H,1-2,12H2/t8-/m0/s1. The van der Waals surface area contributed by atoms with E-state index in [0.29, 0.717) is 24.4 Å². The van der Waals surface area contributed by atoms with Crippen LogP contribution in [0.15, 0.2) is 27.5 Å². The summed E-state index contributed by atoms with van der Waals surface area (Å²) in [6, 6.07) is 1.82. The van der Waals surface area contributed by atoms with Gasteiger partial charge in [-0.05, 0) is 35.0 Å². The molecule has 0 fully saturated rings. The van der Waals surface area contributed by atoms with E-state index >= 15 is 0 Å². The third-order valence-electron chi connectivity index (χ3n) is 2.13. The van der Waals surface area contributed by atoms with Gasteiger partial charge in [-0.1, -0.05) is 5.16 Å². The van der Waals surface area contributed by atoms with E-state index in [-0.39, 0.29) is 5.89 Å². The number of hydrogen-bond donors (Lipinski definition) is 2. The summed E-state index contributed by atoms with van der Waals surface area (Å²) < 4.78 is 5.79. The molecular weight excluding hydrogens is 288 g/mol. The van der Waals surface area contributed by atoms with E-state index in [2.05, 4.69) is 31.1 Å². The molecule has 2 heterocycles. The molecule has 0 radical (unpaired) electrons. The first-order valence-corrected chi connectivity index (χ1v) is 5.82. The highest BCUT2D eigenvalue weighted by Crippen LogP contribution is 2.21. The average Bonchev–Trinajstić information content (AvgIpc) is 2.78. The lowest BCUT2D eigenvalue weighted by atomic mass is 10.2. The third-order valence-corrected chi connectivity index (χ3v) is 2.56. The number of nitrogens with two attached hydrogens (primary N) is 1. The van der Waals surface area contributed by atoms with Crippen molar-refractivity contribution in [2.75, 3.05) is 6.54 Å². The van der Waals surface area contributed by atoms with Crippen molar-refractivity contribution in [1.29, 1.82) is 0 Å². The fraction of sp³-hybridized carbons (Fsp3) is 0.300. The highest BCUT2D eigenvalue weighted by molar-refractivity contribution is 9.10. The van der Waals surface area contributed by atoms with Crippen molar-refractivity contribution in [2.24, 2.45) is 5.73 Å². The Labute approximate surface area is 106 Å². The van der Waals surface area contributed by atoms with Gasteiger partial charge in [-0.15, -0.1) is 0 Å². The first-order chi connectivity index (χ1) is 8.20. The number of hydrogen-bond acceptors (Lipinski definition) is 6. The van der Waals surface area contributed by atoms with Crippen LogP contribution in [-0.2, 0) is 0 Å². The Kier molecular flexibility index (Phi) is 3.82. The molecule has 0 amide bonds. The van der Waals surface area contributed by atoms with Crippen molar-refractivity contribution >= 4 is 15.9 Å². The molecule has 7 heteroatoms. The molecule has 6 nitrogen and oxygen atoms in total. The van der Waals surface area contributed by atoms with Gasteiger partial charge in [0.2, 0.25) is 5.82 Å². The van der Waals surface area contributed by atoms with Crippen LogP contribution in [-0.4, -0.2) is 26.8 Å². The molecule has 0 saturated carbocycles. The van der Waals surface area contributed by atoms with E-state index in [1.54, 1.807) is 12.4 Å². The van der Waals surface area contributed by atoms with E-state index in [1.165, 1.54) is 0 Å². The number of aromatic nitrogens is 3. The lowest BCUT2D eigenvalue weighted by Crippen LogP contribution is -2.06. The zero-order chi connectivity index (χ0) is 12.3. The van der Waals surface area contributed by atoms with Gasteiger partial charge in [0.25, 0.3) is 5.89 Å². The van der Waals surface area contributed by atoms with Crippen LogP contribution in [0.3, 0.4) is 0 Å². The SMILES string of the molecule is NCC[C@H](O)c1nc(-c2cncc(Br)c2)no1. The van der Waals surface area contributed by atoms with Crippen LogP contribution in [0, 0.1) is 0 Å². The third kappa shape index (κ3) is 2.87. The summed E-state index contributed by atoms with van der Waals surface area (Å²) in [4.78, 5) is 8.10. The van der Waals surface area contributed by atoms with Gasteiger partial charge in [0.15, 0.2) is 0 Å². The van der Waals surface area contributed by atoms with Gasteiger partial charge >= 0.3 is 0 Å². The summed E-state index contributed by atoms with van der Waals surface area (Å²) in [6.07, 6.45) is 2.85. The maximum atomic E-state index is 9.63. The summed E-state index contributed by atoms with van der Waals surface area (Å²) >= 11 is 3.31. The second kappa shape index (κ2) is 5.35. The first-order valence-electron chi connectivity index (χ1n) is 5.03. The Morgan fingerprint density at radius 2 is 2.29 bits per heavy atom. The highest BCUT2D eigenvalue weighted by Gasteiger charge is 2.16. The molecule has 0 aliphatic heterocycles. The Hall–Kier alpha value is -1.31. The minimum absolute atomic E-state index is 0.172. The van der Waals surface area contributed by atoms with Crippen molar-refractivity contribution in [3.63, 3.8) is 0 Å². The molecule has 2 aromatic rings. The van der Waals surface area contributed by atoms with Crippen molar-refractivity contribution < 1.29 is 9.63 Å². The molecule has 0 unspecified atom stereocenters. The summed E-state index contributed by atoms with van der Waals surface area (Å²) in [5.41, 5.74) is 6.06. The van der Waals surface area contributed by atoms with Gasteiger partial charge in [0.1, 0.15) is 6.10 Å². The summed E-state index contributed by atoms with van der Waals surface area (Å²) in [7, 11) is 0. The molecule has 0 saturated heterocycles. The second-order valence-electron chi connectivity index (χ2n) is 3.44. The predicted octanol–water partition coefficient (Wildman–Crippen LogP) is 1.28. The molecule has 0 aliphatic carbocycles. The lowest BCUT2D eigenvalue weighted by molar-refractivity contribution is 0.127. The van der Waals surface area contributed by atoms with E-state index in [0.717, 1.165) is 4.47 Å². The van der Waals surface area contributed by atoms with Gasteiger partial charge < -0.3 is 15.4 Å². The number of aliphatic hydroxyl groups excluding tert-OH is 1. The van der Waals surface area contributed by atoms with E-state index in [9.17, 15) is 5.11 Å². The zero-order valence-corrected chi connectivity index (χ0v) is 10.5. The first kappa shape index (κ1) is 12.2. The van der Waals surface area contributed by atoms with Crippen LogP contribution in [0.2, 0.25) is 0 Å². The minimum atomic E-state index is -0.818. The van der Waals surface area contributed by atoms with E-state index in [1.807, 2.05) is 6.07 Å². The molecule has 0 spiro atoms. The summed E-state index contributed by atoms with van der Waals surface area (Å²) in [5, 5.41) is 13.4. The quantitative estimate of drug-likeness (QED) is 0.882. The van der Waals surface area contributed by atoms with Crippen LogP contribution in [0.25, 0.3) is 11.4 Å². The molecule has 17 heavy (non-hydrogen) atoms. The predicted molar refractivity (Wildman–Crippen MR) is 63.9 cm³/mol. The normalized spacial score (nSPS) is 12.6. The molecule has 2 aromatic heterocycles. The largest absolute Gasteiger partial charge is 0.383 e. The Morgan fingerprint density at radius 3 is 3.00 bits per heavy atom.